The average molecular weight is 353 g/mol. The second kappa shape index (κ2) is 6.40. The SMILES string of the molecule is COc1ccc(-c2c(C#N)c(N)c(C#N)c3c2COc2ccccc2-3)cc1. The predicted molar refractivity (Wildman–Crippen MR) is 102 cm³/mol. The van der Waals surface area contributed by atoms with Gasteiger partial charge in [0.1, 0.15) is 30.2 Å². The fraction of sp³-hybridized carbons (Fsp3) is 0.0909. The summed E-state index contributed by atoms with van der Waals surface area (Å²) in [5.41, 5.74) is 10.9. The lowest BCUT2D eigenvalue weighted by molar-refractivity contribution is 0.303. The third kappa shape index (κ3) is 2.46. The molecular formula is C22H15N3O2. The number of nitriles is 2. The van der Waals surface area contributed by atoms with Gasteiger partial charge in [-0.15, -0.1) is 0 Å². The van der Waals surface area contributed by atoms with Gasteiger partial charge in [0.15, 0.2) is 0 Å². The second-order valence-electron chi connectivity index (χ2n) is 6.13. The largest absolute Gasteiger partial charge is 0.497 e. The number of nitrogen functional groups attached to an aromatic ring is 1. The Morgan fingerprint density at radius 2 is 1.63 bits per heavy atom. The maximum atomic E-state index is 9.77. The summed E-state index contributed by atoms with van der Waals surface area (Å²) in [6.45, 7) is 0.261. The number of hydrogen-bond donors (Lipinski definition) is 1. The first-order valence-corrected chi connectivity index (χ1v) is 8.34. The highest BCUT2D eigenvalue weighted by molar-refractivity contribution is 5.94. The smallest absolute Gasteiger partial charge is 0.127 e. The van der Waals surface area contributed by atoms with E-state index < -0.39 is 0 Å². The van der Waals surface area contributed by atoms with E-state index in [-0.39, 0.29) is 12.3 Å². The van der Waals surface area contributed by atoms with Crippen molar-refractivity contribution < 1.29 is 9.47 Å². The molecule has 4 rings (SSSR count). The molecule has 2 N–H and O–H groups in total. The topological polar surface area (TPSA) is 92.1 Å². The Hall–Kier alpha value is -3.96. The van der Waals surface area contributed by atoms with Gasteiger partial charge < -0.3 is 15.2 Å². The number of para-hydroxylation sites is 1. The van der Waals surface area contributed by atoms with Gasteiger partial charge in [-0.2, -0.15) is 10.5 Å². The summed E-state index contributed by atoms with van der Waals surface area (Å²) in [5, 5.41) is 19.5. The van der Waals surface area contributed by atoms with Gasteiger partial charge in [-0.25, -0.2) is 0 Å². The highest BCUT2D eigenvalue weighted by Gasteiger charge is 2.29. The van der Waals surface area contributed by atoms with Gasteiger partial charge in [-0.05, 0) is 23.8 Å². The third-order valence-corrected chi connectivity index (χ3v) is 4.77. The lowest BCUT2D eigenvalue weighted by Gasteiger charge is -2.26. The van der Waals surface area contributed by atoms with Crippen LogP contribution in [0.3, 0.4) is 0 Å². The zero-order valence-electron chi connectivity index (χ0n) is 14.6. The number of ether oxygens (including phenoxy) is 2. The van der Waals surface area contributed by atoms with Gasteiger partial charge in [0.2, 0.25) is 0 Å². The summed E-state index contributed by atoms with van der Waals surface area (Å²) in [7, 11) is 1.60. The Balaban J connectivity index is 2.10. The minimum absolute atomic E-state index is 0.196. The molecule has 5 heteroatoms. The molecule has 0 bridgehead atoms. The van der Waals surface area contributed by atoms with Crippen LogP contribution in [-0.4, -0.2) is 7.11 Å². The lowest BCUT2D eigenvalue weighted by atomic mass is 9.83. The van der Waals surface area contributed by atoms with Crippen molar-refractivity contribution in [2.75, 3.05) is 12.8 Å². The van der Waals surface area contributed by atoms with Crippen LogP contribution in [0.25, 0.3) is 22.3 Å². The first-order chi connectivity index (χ1) is 13.2. The zero-order valence-corrected chi connectivity index (χ0v) is 14.6. The number of benzene rings is 3. The van der Waals surface area contributed by atoms with E-state index in [1.807, 2.05) is 48.5 Å². The number of nitrogens with zero attached hydrogens (tertiary/aromatic N) is 2. The van der Waals surface area contributed by atoms with Gasteiger partial charge in [0, 0.05) is 22.3 Å². The predicted octanol–water partition coefficient (Wildman–Crippen LogP) is 4.25. The summed E-state index contributed by atoms with van der Waals surface area (Å²) in [6, 6.07) is 19.3. The van der Waals surface area contributed by atoms with E-state index in [0.29, 0.717) is 28.2 Å². The molecule has 0 atom stereocenters. The molecule has 0 aromatic heterocycles. The summed E-state index contributed by atoms with van der Waals surface area (Å²) in [6.07, 6.45) is 0. The maximum Gasteiger partial charge on any atom is 0.127 e. The molecule has 0 unspecified atom stereocenters. The van der Waals surface area contributed by atoms with Crippen LogP contribution in [0.2, 0.25) is 0 Å². The highest BCUT2D eigenvalue weighted by Crippen LogP contribution is 2.47. The lowest BCUT2D eigenvalue weighted by Crippen LogP contribution is -2.12. The van der Waals surface area contributed by atoms with Crippen molar-refractivity contribution in [1.29, 1.82) is 10.5 Å². The Bertz CT molecular complexity index is 1140. The summed E-state index contributed by atoms with van der Waals surface area (Å²) >= 11 is 0. The van der Waals surface area contributed by atoms with Gasteiger partial charge in [-0.3, -0.25) is 0 Å². The summed E-state index contributed by atoms with van der Waals surface area (Å²) in [4.78, 5) is 0. The Labute approximate surface area is 156 Å². The monoisotopic (exact) mass is 353 g/mol. The van der Waals surface area contributed by atoms with E-state index in [9.17, 15) is 10.5 Å². The molecule has 5 nitrogen and oxygen atoms in total. The minimum Gasteiger partial charge on any atom is -0.497 e. The molecule has 3 aromatic rings. The molecule has 0 amide bonds. The molecule has 0 radical (unpaired) electrons. The van der Waals surface area contributed by atoms with Crippen LogP contribution in [0, 0.1) is 22.7 Å². The second-order valence-corrected chi connectivity index (χ2v) is 6.13. The molecule has 3 aromatic carbocycles. The fourth-order valence-electron chi connectivity index (χ4n) is 3.52. The van der Waals surface area contributed by atoms with Crippen molar-refractivity contribution in [1.82, 2.24) is 0 Å². The summed E-state index contributed by atoms with van der Waals surface area (Å²) < 4.78 is 11.1. The van der Waals surface area contributed by atoms with E-state index in [1.165, 1.54) is 0 Å². The fourth-order valence-corrected chi connectivity index (χ4v) is 3.52. The Morgan fingerprint density at radius 1 is 0.963 bits per heavy atom. The van der Waals surface area contributed by atoms with E-state index in [2.05, 4.69) is 12.1 Å². The quantitative estimate of drug-likeness (QED) is 0.695. The van der Waals surface area contributed by atoms with E-state index in [4.69, 9.17) is 15.2 Å². The van der Waals surface area contributed by atoms with Crippen LogP contribution in [0.1, 0.15) is 16.7 Å². The van der Waals surface area contributed by atoms with Crippen LogP contribution in [-0.2, 0) is 6.61 Å². The van der Waals surface area contributed by atoms with Crippen molar-refractivity contribution in [3.8, 4) is 45.9 Å². The zero-order chi connectivity index (χ0) is 19.0. The average Bonchev–Trinajstić information content (AvgIpc) is 2.73. The van der Waals surface area contributed by atoms with Crippen LogP contribution in [0.15, 0.2) is 48.5 Å². The molecule has 0 spiro atoms. The minimum atomic E-state index is 0.196. The van der Waals surface area contributed by atoms with Crippen molar-refractivity contribution in [2.24, 2.45) is 0 Å². The number of rotatable bonds is 2. The van der Waals surface area contributed by atoms with Gasteiger partial charge in [0.25, 0.3) is 0 Å². The van der Waals surface area contributed by atoms with E-state index in [1.54, 1.807) is 7.11 Å². The number of hydrogen-bond acceptors (Lipinski definition) is 5. The first-order valence-electron chi connectivity index (χ1n) is 8.34. The third-order valence-electron chi connectivity index (χ3n) is 4.77. The van der Waals surface area contributed by atoms with E-state index >= 15 is 0 Å². The Morgan fingerprint density at radius 3 is 2.30 bits per heavy atom. The molecule has 27 heavy (non-hydrogen) atoms. The molecule has 130 valence electrons. The van der Waals surface area contributed by atoms with Gasteiger partial charge in [-0.1, -0.05) is 30.3 Å². The molecule has 1 heterocycles. The number of nitrogens with two attached hydrogens (primary N) is 1. The number of methoxy groups -OCH3 is 1. The first kappa shape index (κ1) is 16.5. The van der Waals surface area contributed by atoms with Crippen molar-refractivity contribution in [3.63, 3.8) is 0 Å². The molecule has 0 saturated carbocycles. The van der Waals surface area contributed by atoms with Gasteiger partial charge in [0.05, 0.1) is 23.9 Å². The number of fused-ring (bicyclic) bond motifs is 3. The van der Waals surface area contributed by atoms with Gasteiger partial charge >= 0.3 is 0 Å². The van der Waals surface area contributed by atoms with Crippen molar-refractivity contribution >= 4 is 5.69 Å². The Kier molecular flexibility index (Phi) is 3.91. The van der Waals surface area contributed by atoms with Crippen LogP contribution >= 0.6 is 0 Å². The molecular weight excluding hydrogens is 338 g/mol. The molecule has 0 saturated heterocycles. The van der Waals surface area contributed by atoms with E-state index in [0.717, 1.165) is 22.3 Å². The summed E-state index contributed by atoms with van der Waals surface area (Å²) in [5.74, 6) is 1.42. The standard InChI is InChI=1S/C22H15N3O2/c1-26-14-8-6-13(7-9-14)20-16(10-23)22(25)17(11-24)21-15-4-2-3-5-19(15)27-12-18(20)21/h2-9H,12,25H2,1H3. The van der Waals surface area contributed by atoms with Crippen LogP contribution < -0.4 is 15.2 Å². The molecule has 0 aliphatic carbocycles. The van der Waals surface area contributed by atoms with Crippen LogP contribution in [0.5, 0.6) is 11.5 Å². The maximum absolute atomic E-state index is 9.77. The number of anilines is 1. The molecule has 1 aliphatic rings. The molecule has 0 fully saturated rings. The molecule has 1 aliphatic heterocycles. The van der Waals surface area contributed by atoms with Crippen LogP contribution in [0.4, 0.5) is 5.69 Å². The van der Waals surface area contributed by atoms with Crippen molar-refractivity contribution in [3.05, 3.63) is 65.2 Å². The normalized spacial score (nSPS) is 11.4. The highest BCUT2D eigenvalue weighted by atomic mass is 16.5. The van der Waals surface area contributed by atoms with Crippen molar-refractivity contribution in [2.45, 2.75) is 6.61 Å².